The molecule has 0 aliphatic carbocycles. The van der Waals surface area contributed by atoms with Crippen molar-refractivity contribution in [2.75, 3.05) is 45.9 Å². The van der Waals surface area contributed by atoms with E-state index in [4.69, 9.17) is 5.11 Å². The summed E-state index contributed by atoms with van der Waals surface area (Å²) in [6.07, 6.45) is 1.09. The fourth-order valence-electron chi connectivity index (χ4n) is 2.25. The van der Waals surface area contributed by atoms with Crippen LogP contribution >= 0.6 is 0 Å². The molecule has 0 bridgehead atoms. The van der Waals surface area contributed by atoms with Crippen molar-refractivity contribution in [3.8, 4) is 0 Å². The van der Waals surface area contributed by atoms with Crippen molar-refractivity contribution in [3.05, 3.63) is 0 Å². The average Bonchev–Trinajstić information content (AvgIpc) is 2.84. The van der Waals surface area contributed by atoms with E-state index in [0.717, 1.165) is 45.7 Å². The highest BCUT2D eigenvalue weighted by Gasteiger charge is 2.24. The summed E-state index contributed by atoms with van der Waals surface area (Å²) in [6, 6.07) is 0.0629. The number of rotatable bonds is 4. The molecule has 0 radical (unpaired) electrons. The molecule has 0 aromatic heterocycles. The molecule has 2 aliphatic rings. The third kappa shape index (κ3) is 2.60. The van der Waals surface area contributed by atoms with E-state index < -0.39 is 0 Å². The van der Waals surface area contributed by atoms with Crippen molar-refractivity contribution in [1.29, 1.82) is 0 Å². The third-order valence-corrected chi connectivity index (χ3v) is 3.26. The highest BCUT2D eigenvalue weighted by molar-refractivity contribution is 5.76. The summed E-state index contributed by atoms with van der Waals surface area (Å²) in [4.78, 5) is 15.4. The molecule has 2 rings (SSSR count). The lowest BCUT2D eigenvalue weighted by molar-refractivity contribution is 0.200. The standard InChI is InChI=1S/C10H19N3O2/c14-8-9-1-3-12(7-9)5-6-13-4-2-11-10(13)15/h9,14H,1-8H2,(H,11,15). The molecule has 2 saturated heterocycles. The Morgan fingerprint density at radius 2 is 2.27 bits per heavy atom. The number of urea groups is 1. The lowest BCUT2D eigenvalue weighted by Gasteiger charge is -2.20. The van der Waals surface area contributed by atoms with Crippen LogP contribution in [0.1, 0.15) is 6.42 Å². The molecule has 86 valence electrons. The van der Waals surface area contributed by atoms with Crippen molar-refractivity contribution in [2.45, 2.75) is 6.42 Å². The van der Waals surface area contributed by atoms with Crippen LogP contribution in [0, 0.1) is 5.92 Å². The molecule has 5 nitrogen and oxygen atoms in total. The first-order valence-corrected chi connectivity index (χ1v) is 5.65. The summed E-state index contributed by atoms with van der Waals surface area (Å²) < 4.78 is 0. The molecule has 15 heavy (non-hydrogen) atoms. The smallest absolute Gasteiger partial charge is 0.317 e. The van der Waals surface area contributed by atoms with Gasteiger partial charge in [-0.05, 0) is 18.9 Å². The molecule has 0 aromatic carbocycles. The van der Waals surface area contributed by atoms with Crippen LogP contribution in [0.25, 0.3) is 0 Å². The number of aliphatic hydroxyl groups is 1. The van der Waals surface area contributed by atoms with E-state index in [-0.39, 0.29) is 6.03 Å². The van der Waals surface area contributed by atoms with Gasteiger partial charge in [-0.25, -0.2) is 4.79 Å². The van der Waals surface area contributed by atoms with Crippen LogP contribution in [0.5, 0.6) is 0 Å². The van der Waals surface area contributed by atoms with Gasteiger partial charge < -0.3 is 20.2 Å². The van der Waals surface area contributed by atoms with Crippen LogP contribution < -0.4 is 5.32 Å². The number of carbonyl (C=O) groups is 1. The quantitative estimate of drug-likeness (QED) is 0.651. The van der Waals surface area contributed by atoms with E-state index in [9.17, 15) is 4.79 Å². The normalized spacial score (nSPS) is 27.4. The first-order valence-electron chi connectivity index (χ1n) is 5.65. The van der Waals surface area contributed by atoms with E-state index >= 15 is 0 Å². The van der Waals surface area contributed by atoms with Gasteiger partial charge in [0.1, 0.15) is 0 Å². The molecule has 2 fully saturated rings. The number of amides is 2. The van der Waals surface area contributed by atoms with Gasteiger partial charge in [0.2, 0.25) is 0 Å². The summed E-state index contributed by atoms with van der Waals surface area (Å²) in [5, 5.41) is 11.8. The summed E-state index contributed by atoms with van der Waals surface area (Å²) >= 11 is 0. The Morgan fingerprint density at radius 3 is 2.87 bits per heavy atom. The van der Waals surface area contributed by atoms with Gasteiger partial charge in [0.25, 0.3) is 0 Å². The average molecular weight is 213 g/mol. The summed E-state index contributed by atoms with van der Waals surface area (Å²) in [5.74, 6) is 0.442. The fraction of sp³-hybridized carbons (Fsp3) is 0.900. The molecule has 2 aliphatic heterocycles. The summed E-state index contributed by atoms with van der Waals surface area (Å²) in [7, 11) is 0. The largest absolute Gasteiger partial charge is 0.396 e. The minimum atomic E-state index is 0.0629. The number of carbonyl (C=O) groups excluding carboxylic acids is 1. The van der Waals surface area contributed by atoms with Crippen LogP contribution in [-0.4, -0.2) is 66.8 Å². The minimum absolute atomic E-state index is 0.0629. The second kappa shape index (κ2) is 4.81. The molecule has 2 N–H and O–H groups in total. The maximum absolute atomic E-state index is 11.3. The van der Waals surface area contributed by atoms with Gasteiger partial charge in [-0.3, -0.25) is 0 Å². The topological polar surface area (TPSA) is 55.8 Å². The molecular weight excluding hydrogens is 194 g/mol. The molecular formula is C10H19N3O2. The number of hydrogen-bond acceptors (Lipinski definition) is 3. The van der Waals surface area contributed by atoms with E-state index in [1.807, 2.05) is 4.90 Å². The van der Waals surface area contributed by atoms with Crippen LogP contribution in [0.15, 0.2) is 0 Å². The monoisotopic (exact) mass is 213 g/mol. The van der Waals surface area contributed by atoms with Crippen molar-refractivity contribution in [1.82, 2.24) is 15.1 Å². The molecule has 0 spiro atoms. The number of nitrogens with one attached hydrogen (secondary N) is 1. The van der Waals surface area contributed by atoms with Crippen molar-refractivity contribution < 1.29 is 9.90 Å². The molecule has 1 unspecified atom stereocenters. The maximum Gasteiger partial charge on any atom is 0.317 e. The van der Waals surface area contributed by atoms with E-state index in [2.05, 4.69) is 10.2 Å². The lowest BCUT2D eigenvalue weighted by atomic mass is 10.1. The van der Waals surface area contributed by atoms with E-state index in [1.54, 1.807) is 0 Å². The van der Waals surface area contributed by atoms with Gasteiger partial charge in [0, 0.05) is 39.3 Å². The predicted octanol–water partition coefficient (Wildman–Crippen LogP) is -0.674. The van der Waals surface area contributed by atoms with Crippen LogP contribution in [-0.2, 0) is 0 Å². The van der Waals surface area contributed by atoms with Gasteiger partial charge in [0.05, 0.1) is 0 Å². The highest BCUT2D eigenvalue weighted by atomic mass is 16.3. The Morgan fingerprint density at radius 1 is 1.40 bits per heavy atom. The predicted molar refractivity (Wildman–Crippen MR) is 56.6 cm³/mol. The third-order valence-electron chi connectivity index (χ3n) is 3.26. The summed E-state index contributed by atoms with van der Waals surface area (Å²) in [6.45, 7) is 5.68. The van der Waals surface area contributed by atoms with E-state index in [1.165, 1.54) is 0 Å². The number of likely N-dealkylation sites (tertiary alicyclic amines) is 1. The first-order chi connectivity index (χ1) is 7.29. The highest BCUT2D eigenvalue weighted by Crippen LogP contribution is 2.14. The second-order valence-corrected chi connectivity index (χ2v) is 4.36. The first kappa shape index (κ1) is 10.7. The lowest BCUT2D eigenvalue weighted by Crippen LogP contribution is -2.36. The van der Waals surface area contributed by atoms with E-state index in [0.29, 0.717) is 12.5 Å². The Hall–Kier alpha value is -0.810. The fourth-order valence-corrected chi connectivity index (χ4v) is 2.25. The van der Waals surface area contributed by atoms with Crippen LogP contribution in [0.2, 0.25) is 0 Å². The van der Waals surface area contributed by atoms with Gasteiger partial charge in [0.15, 0.2) is 0 Å². The van der Waals surface area contributed by atoms with Crippen molar-refractivity contribution in [3.63, 3.8) is 0 Å². The number of hydrogen-bond donors (Lipinski definition) is 2. The minimum Gasteiger partial charge on any atom is -0.396 e. The zero-order valence-corrected chi connectivity index (χ0v) is 8.98. The number of nitrogens with zero attached hydrogens (tertiary/aromatic N) is 2. The molecule has 5 heteroatoms. The Kier molecular flexibility index (Phi) is 3.43. The SMILES string of the molecule is O=C1NCCN1CCN1CCC(CO)C1. The summed E-state index contributed by atoms with van der Waals surface area (Å²) in [5.41, 5.74) is 0. The maximum atomic E-state index is 11.3. The second-order valence-electron chi connectivity index (χ2n) is 4.36. The molecule has 0 saturated carbocycles. The van der Waals surface area contributed by atoms with Gasteiger partial charge in [-0.1, -0.05) is 0 Å². The zero-order chi connectivity index (χ0) is 10.7. The molecule has 0 aromatic rings. The molecule has 1 atom stereocenters. The van der Waals surface area contributed by atoms with Gasteiger partial charge in [-0.2, -0.15) is 0 Å². The zero-order valence-electron chi connectivity index (χ0n) is 8.98. The Labute approximate surface area is 90.0 Å². The van der Waals surface area contributed by atoms with Crippen LogP contribution in [0.4, 0.5) is 4.79 Å². The van der Waals surface area contributed by atoms with Crippen molar-refractivity contribution >= 4 is 6.03 Å². The van der Waals surface area contributed by atoms with Gasteiger partial charge in [-0.15, -0.1) is 0 Å². The number of aliphatic hydroxyl groups excluding tert-OH is 1. The molecule has 2 heterocycles. The van der Waals surface area contributed by atoms with Crippen LogP contribution in [0.3, 0.4) is 0 Å². The Balaban J connectivity index is 1.68. The van der Waals surface area contributed by atoms with Crippen molar-refractivity contribution in [2.24, 2.45) is 5.92 Å². The van der Waals surface area contributed by atoms with Gasteiger partial charge >= 0.3 is 6.03 Å². The molecule has 2 amide bonds. The Bertz CT molecular complexity index is 235.